The molecule has 0 aliphatic heterocycles. The summed E-state index contributed by atoms with van der Waals surface area (Å²) in [5, 5.41) is 4.20. The molecule has 4 nitrogen and oxygen atoms in total. The molecule has 1 heterocycles. The molecule has 2 aromatic rings. The van der Waals surface area contributed by atoms with Gasteiger partial charge in [0.2, 0.25) is 0 Å². The van der Waals surface area contributed by atoms with Crippen LogP contribution in [0.5, 0.6) is 0 Å². The molecular formula is C12H13BrF2N4. The largest absolute Gasteiger partial charge is 0.273 e. The molecule has 0 radical (unpaired) electrons. The molecule has 1 unspecified atom stereocenters. The second-order valence-corrected chi connectivity index (χ2v) is 5.05. The van der Waals surface area contributed by atoms with Crippen molar-refractivity contribution >= 4 is 15.9 Å². The summed E-state index contributed by atoms with van der Waals surface area (Å²) in [6, 6.07) is 3.37. The number of aryl methyl sites for hydroxylation is 2. The Bertz CT molecular complexity index is 593. The van der Waals surface area contributed by atoms with Crippen LogP contribution in [0.2, 0.25) is 0 Å². The van der Waals surface area contributed by atoms with Crippen molar-refractivity contribution < 1.29 is 8.78 Å². The molecule has 2 rings (SSSR count). The van der Waals surface area contributed by atoms with Crippen LogP contribution in [0.3, 0.4) is 0 Å². The van der Waals surface area contributed by atoms with Crippen molar-refractivity contribution in [2.24, 2.45) is 12.9 Å². The summed E-state index contributed by atoms with van der Waals surface area (Å²) in [6.07, 6.45) is 0. The number of hydrogen-bond donors (Lipinski definition) is 2. The second-order valence-electron chi connectivity index (χ2n) is 4.19. The molecule has 0 bridgehead atoms. The summed E-state index contributed by atoms with van der Waals surface area (Å²) >= 11 is 3.03. The van der Waals surface area contributed by atoms with Gasteiger partial charge in [-0.05, 0) is 41.1 Å². The highest BCUT2D eigenvalue weighted by atomic mass is 79.9. The van der Waals surface area contributed by atoms with Gasteiger partial charge in [0.05, 0.1) is 16.2 Å². The fraction of sp³-hybridized carbons (Fsp3) is 0.250. The minimum absolute atomic E-state index is 0.157. The standard InChI is InChI=1S/C12H13BrF2N4/c1-6-5-9(18-19(6)2)12(17-16)10-8(14)4-3-7(13)11(10)15/h3-5,12,17H,16H2,1-2H3. The highest BCUT2D eigenvalue weighted by Gasteiger charge is 2.25. The minimum Gasteiger partial charge on any atom is -0.273 e. The van der Waals surface area contributed by atoms with Gasteiger partial charge in [0.15, 0.2) is 0 Å². The van der Waals surface area contributed by atoms with Gasteiger partial charge in [0.25, 0.3) is 0 Å². The van der Waals surface area contributed by atoms with Gasteiger partial charge >= 0.3 is 0 Å². The number of nitrogens with two attached hydrogens (primary N) is 1. The Morgan fingerprint density at radius 2 is 2.11 bits per heavy atom. The topological polar surface area (TPSA) is 55.9 Å². The van der Waals surface area contributed by atoms with E-state index in [1.165, 1.54) is 12.1 Å². The van der Waals surface area contributed by atoms with Crippen LogP contribution in [0.4, 0.5) is 8.78 Å². The van der Waals surface area contributed by atoms with Crippen molar-refractivity contribution in [3.05, 3.63) is 51.3 Å². The third-order valence-electron chi connectivity index (χ3n) is 2.96. The molecule has 1 aromatic heterocycles. The molecule has 0 aliphatic rings. The van der Waals surface area contributed by atoms with Crippen LogP contribution in [0, 0.1) is 18.6 Å². The van der Waals surface area contributed by atoms with E-state index in [2.05, 4.69) is 26.5 Å². The van der Waals surface area contributed by atoms with Gasteiger partial charge in [0, 0.05) is 18.3 Å². The van der Waals surface area contributed by atoms with Crippen molar-refractivity contribution in [3.8, 4) is 0 Å². The summed E-state index contributed by atoms with van der Waals surface area (Å²) in [5.41, 5.74) is 3.57. The van der Waals surface area contributed by atoms with E-state index in [9.17, 15) is 8.78 Å². The van der Waals surface area contributed by atoms with Crippen molar-refractivity contribution in [3.63, 3.8) is 0 Å². The predicted molar refractivity (Wildman–Crippen MR) is 71.2 cm³/mol. The van der Waals surface area contributed by atoms with Crippen molar-refractivity contribution in [1.82, 2.24) is 15.2 Å². The van der Waals surface area contributed by atoms with Crippen molar-refractivity contribution in [2.75, 3.05) is 0 Å². The van der Waals surface area contributed by atoms with E-state index < -0.39 is 17.7 Å². The first kappa shape index (κ1) is 14.1. The molecule has 19 heavy (non-hydrogen) atoms. The zero-order valence-corrected chi connectivity index (χ0v) is 12.0. The molecule has 0 fully saturated rings. The van der Waals surface area contributed by atoms with Gasteiger partial charge in [-0.25, -0.2) is 14.2 Å². The highest BCUT2D eigenvalue weighted by molar-refractivity contribution is 9.10. The lowest BCUT2D eigenvalue weighted by atomic mass is 10.0. The van der Waals surface area contributed by atoms with Gasteiger partial charge < -0.3 is 0 Å². The summed E-state index contributed by atoms with van der Waals surface area (Å²) < 4.78 is 29.7. The smallest absolute Gasteiger partial charge is 0.145 e. The van der Waals surface area contributed by atoms with Crippen LogP contribution >= 0.6 is 15.9 Å². The third kappa shape index (κ3) is 2.54. The van der Waals surface area contributed by atoms with E-state index in [0.717, 1.165) is 5.69 Å². The Balaban J connectivity index is 2.57. The fourth-order valence-electron chi connectivity index (χ4n) is 1.85. The molecular weight excluding hydrogens is 318 g/mol. The van der Waals surface area contributed by atoms with Crippen LogP contribution in [-0.4, -0.2) is 9.78 Å². The lowest BCUT2D eigenvalue weighted by Gasteiger charge is -2.16. The number of aromatic nitrogens is 2. The zero-order valence-electron chi connectivity index (χ0n) is 10.4. The first-order chi connectivity index (χ1) is 8.95. The number of hydrogen-bond acceptors (Lipinski definition) is 3. The van der Waals surface area contributed by atoms with E-state index in [4.69, 9.17) is 5.84 Å². The highest BCUT2D eigenvalue weighted by Crippen LogP contribution is 2.30. The summed E-state index contributed by atoms with van der Waals surface area (Å²) in [4.78, 5) is 0. The average molecular weight is 331 g/mol. The summed E-state index contributed by atoms with van der Waals surface area (Å²) in [6.45, 7) is 1.84. The SMILES string of the molecule is Cc1cc(C(NN)c2c(F)ccc(Br)c2F)nn1C. The first-order valence-corrected chi connectivity index (χ1v) is 6.35. The lowest BCUT2D eigenvalue weighted by molar-refractivity contribution is 0.499. The number of nitrogens with zero attached hydrogens (tertiary/aromatic N) is 2. The molecule has 0 saturated carbocycles. The van der Waals surface area contributed by atoms with E-state index in [1.54, 1.807) is 17.8 Å². The monoisotopic (exact) mass is 330 g/mol. The van der Waals surface area contributed by atoms with Crippen LogP contribution < -0.4 is 11.3 Å². The number of nitrogens with one attached hydrogen (secondary N) is 1. The summed E-state index contributed by atoms with van der Waals surface area (Å²) in [7, 11) is 1.75. The molecule has 102 valence electrons. The van der Waals surface area contributed by atoms with Gasteiger partial charge in [0.1, 0.15) is 11.6 Å². The molecule has 1 aromatic carbocycles. The molecule has 0 spiro atoms. The Morgan fingerprint density at radius 3 is 2.63 bits per heavy atom. The second kappa shape index (κ2) is 5.36. The third-order valence-corrected chi connectivity index (χ3v) is 3.58. The Labute approximate surface area is 117 Å². The first-order valence-electron chi connectivity index (χ1n) is 5.55. The number of rotatable bonds is 3. The van der Waals surface area contributed by atoms with Gasteiger partial charge in [-0.2, -0.15) is 5.10 Å². The summed E-state index contributed by atoms with van der Waals surface area (Å²) in [5.74, 6) is 4.07. The van der Waals surface area contributed by atoms with E-state index in [-0.39, 0.29) is 10.0 Å². The van der Waals surface area contributed by atoms with Gasteiger partial charge in [-0.1, -0.05) is 0 Å². The molecule has 0 saturated heterocycles. The average Bonchev–Trinajstić information content (AvgIpc) is 2.70. The van der Waals surface area contributed by atoms with E-state index in [0.29, 0.717) is 5.69 Å². The quantitative estimate of drug-likeness (QED) is 0.516. The fourth-order valence-corrected chi connectivity index (χ4v) is 2.20. The van der Waals surface area contributed by atoms with Gasteiger partial charge in [-0.3, -0.25) is 10.5 Å². The normalized spacial score (nSPS) is 12.7. The molecule has 0 amide bonds. The Kier molecular flexibility index (Phi) is 3.98. The molecule has 0 aliphatic carbocycles. The van der Waals surface area contributed by atoms with Crippen LogP contribution in [0.15, 0.2) is 22.7 Å². The minimum atomic E-state index is -0.850. The number of hydrazine groups is 1. The maximum Gasteiger partial charge on any atom is 0.145 e. The maximum atomic E-state index is 14.1. The molecule has 7 heteroatoms. The van der Waals surface area contributed by atoms with E-state index in [1.807, 2.05) is 6.92 Å². The van der Waals surface area contributed by atoms with Crippen LogP contribution in [-0.2, 0) is 7.05 Å². The predicted octanol–water partition coefficient (Wildman–Crippen LogP) is 2.32. The van der Waals surface area contributed by atoms with E-state index >= 15 is 0 Å². The van der Waals surface area contributed by atoms with Gasteiger partial charge in [-0.15, -0.1) is 0 Å². The lowest BCUT2D eigenvalue weighted by Crippen LogP contribution is -2.30. The Hall–Kier alpha value is -1.31. The maximum absolute atomic E-state index is 14.1. The number of benzene rings is 1. The van der Waals surface area contributed by atoms with Crippen LogP contribution in [0.25, 0.3) is 0 Å². The number of halogens is 3. The van der Waals surface area contributed by atoms with Crippen molar-refractivity contribution in [2.45, 2.75) is 13.0 Å². The Morgan fingerprint density at radius 1 is 1.42 bits per heavy atom. The zero-order chi connectivity index (χ0) is 14.2. The van der Waals surface area contributed by atoms with Crippen LogP contribution in [0.1, 0.15) is 23.0 Å². The molecule has 3 N–H and O–H groups in total. The molecule has 1 atom stereocenters. The van der Waals surface area contributed by atoms with Crippen molar-refractivity contribution in [1.29, 1.82) is 0 Å².